The van der Waals surface area contributed by atoms with Crippen molar-refractivity contribution in [1.29, 1.82) is 0 Å². The number of thiazole rings is 1. The van der Waals surface area contributed by atoms with Crippen molar-refractivity contribution in [3.8, 4) is 11.3 Å². The number of benzene rings is 2. The summed E-state index contributed by atoms with van der Waals surface area (Å²) in [4.78, 5) is 28.6. The molecule has 0 spiro atoms. The lowest BCUT2D eigenvalue weighted by Gasteiger charge is -2.17. The minimum absolute atomic E-state index is 0.0559. The van der Waals surface area contributed by atoms with Gasteiger partial charge in [0.2, 0.25) is 5.91 Å². The number of rotatable bonds is 3. The molecule has 0 bridgehead atoms. The lowest BCUT2D eigenvalue weighted by atomic mass is 9.99. The van der Waals surface area contributed by atoms with Crippen LogP contribution in [0.5, 0.6) is 0 Å². The molecule has 4 rings (SSSR count). The van der Waals surface area contributed by atoms with Crippen LogP contribution in [0.2, 0.25) is 0 Å². The van der Waals surface area contributed by atoms with Crippen molar-refractivity contribution in [3.05, 3.63) is 64.0 Å². The Labute approximate surface area is 161 Å². The van der Waals surface area contributed by atoms with Crippen LogP contribution in [0.3, 0.4) is 0 Å². The predicted octanol–water partition coefficient (Wildman–Crippen LogP) is 4.56. The molecule has 2 amide bonds. The zero-order valence-electron chi connectivity index (χ0n) is 15.1. The SMILES string of the molecule is Cc1ccc(C)c(C(=O)Nc2nc(-c3ccc4c(c3)CCC(=O)N4)cs2)c1. The Bertz CT molecular complexity index is 1060. The van der Waals surface area contributed by atoms with E-state index in [2.05, 4.69) is 21.7 Å². The van der Waals surface area contributed by atoms with E-state index < -0.39 is 0 Å². The van der Waals surface area contributed by atoms with E-state index in [1.807, 2.05) is 49.6 Å². The first-order chi connectivity index (χ1) is 13.0. The van der Waals surface area contributed by atoms with E-state index in [9.17, 15) is 9.59 Å². The summed E-state index contributed by atoms with van der Waals surface area (Å²) < 4.78 is 0. The third-order valence-electron chi connectivity index (χ3n) is 4.66. The first kappa shape index (κ1) is 17.4. The van der Waals surface area contributed by atoms with Crippen LogP contribution < -0.4 is 10.6 Å². The summed E-state index contributed by atoms with van der Waals surface area (Å²) in [6, 6.07) is 11.7. The van der Waals surface area contributed by atoms with Gasteiger partial charge in [-0.25, -0.2) is 4.98 Å². The Morgan fingerprint density at radius 2 is 2.00 bits per heavy atom. The van der Waals surface area contributed by atoms with Crippen LogP contribution in [0.25, 0.3) is 11.3 Å². The van der Waals surface area contributed by atoms with Crippen LogP contribution in [-0.2, 0) is 11.2 Å². The second kappa shape index (κ2) is 6.96. The third kappa shape index (κ3) is 3.61. The van der Waals surface area contributed by atoms with Crippen LogP contribution in [-0.4, -0.2) is 16.8 Å². The molecule has 0 fully saturated rings. The molecular formula is C21H19N3O2S. The van der Waals surface area contributed by atoms with Gasteiger partial charge in [-0.3, -0.25) is 14.9 Å². The molecule has 2 heterocycles. The van der Waals surface area contributed by atoms with Gasteiger partial charge in [0.05, 0.1) is 5.69 Å². The lowest BCUT2D eigenvalue weighted by Crippen LogP contribution is -2.18. The Hall–Kier alpha value is -2.99. The number of carbonyl (C=O) groups is 2. The molecule has 1 aromatic heterocycles. The van der Waals surface area contributed by atoms with E-state index in [-0.39, 0.29) is 11.8 Å². The highest BCUT2D eigenvalue weighted by atomic mass is 32.1. The Kier molecular flexibility index (Phi) is 4.49. The smallest absolute Gasteiger partial charge is 0.257 e. The molecule has 0 atom stereocenters. The fourth-order valence-electron chi connectivity index (χ4n) is 3.15. The highest BCUT2D eigenvalue weighted by molar-refractivity contribution is 7.14. The normalized spacial score (nSPS) is 13.0. The van der Waals surface area contributed by atoms with Crippen molar-refractivity contribution in [2.75, 3.05) is 10.6 Å². The molecule has 0 unspecified atom stereocenters. The number of nitrogens with zero attached hydrogens (tertiary/aromatic N) is 1. The van der Waals surface area contributed by atoms with Crippen molar-refractivity contribution in [2.24, 2.45) is 0 Å². The van der Waals surface area contributed by atoms with Crippen LogP contribution in [0.1, 0.15) is 33.5 Å². The summed E-state index contributed by atoms with van der Waals surface area (Å²) in [6.07, 6.45) is 1.24. The maximum Gasteiger partial charge on any atom is 0.257 e. The van der Waals surface area contributed by atoms with Gasteiger partial charge >= 0.3 is 0 Å². The van der Waals surface area contributed by atoms with Gasteiger partial charge in [0, 0.05) is 28.6 Å². The van der Waals surface area contributed by atoms with Gasteiger partial charge in [0.25, 0.3) is 5.91 Å². The Morgan fingerprint density at radius 1 is 1.15 bits per heavy atom. The van der Waals surface area contributed by atoms with Gasteiger partial charge in [-0.05, 0) is 49.6 Å². The fourth-order valence-corrected chi connectivity index (χ4v) is 3.87. The maximum atomic E-state index is 12.6. The minimum atomic E-state index is -0.148. The number of nitrogens with one attached hydrogen (secondary N) is 2. The molecule has 136 valence electrons. The number of carbonyl (C=O) groups excluding carboxylic acids is 2. The standard InChI is InChI=1S/C21H19N3O2S/c1-12-3-4-13(2)16(9-12)20(26)24-21-23-18(11-27-21)15-5-7-17-14(10-15)6-8-19(25)22-17/h3-5,7,9-11H,6,8H2,1-2H3,(H,22,25)(H,23,24,26). The summed E-state index contributed by atoms with van der Waals surface area (Å²) in [6.45, 7) is 3.89. The summed E-state index contributed by atoms with van der Waals surface area (Å²) in [5.74, 6) is -0.0920. The summed E-state index contributed by atoms with van der Waals surface area (Å²) in [5, 5.41) is 8.28. The maximum absolute atomic E-state index is 12.6. The quantitative estimate of drug-likeness (QED) is 0.703. The van der Waals surface area contributed by atoms with Gasteiger partial charge < -0.3 is 5.32 Å². The number of aryl methyl sites for hydroxylation is 3. The van der Waals surface area contributed by atoms with Crippen LogP contribution in [0, 0.1) is 13.8 Å². The van der Waals surface area contributed by atoms with E-state index in [0.29, 0.717) is 17.1 Å². The van der Waals surface area contributed by atoms with Crippen LogP contribution in [0.15, 0.2) is 41.8 Å². The van der Waals surface area contributed by atoms with Gasteiger partial charge in [0.1, 0.15) is 0 Å². The first-order valence-corrected chi connectivity index (χ1v) is 9.65. The lowest BCUT2D eigenvalue weighted by molar-refractivity contribution is -0.116. The largest absolute Gasteiger partial charge is 0.326 e. The second-order valence-electron chi connectivity index (χ2n) is 6.73. The van der Waals surface area contributed by atoms with Gasteiger partial charge in [-0.1, -0.05) is 23.8 Å². The molecular weight excluding hydrogens is 358 g/mol. The average Bonchev–Trinajstić information content (AvgIpc) is 3.11. The molecule has 0 saturated heterocycles. The van der Waals surface area contributed by atoms with Gasteiger partial charge in [-0.2, -0.15) is 0 Å². The monoisotopic (exact) mass is 377 g/mol. The molecule has 0 radical (unpaired) electrons. The zero-order valence-corrected chi connectivity index (χ0v) is 15.9. The number of aromatic nitrogens is 1. The number of fused-ring (bicyclic) bond motifs is 1. The van der Waals surface area contributed by atoms with Crippen molar-refractivity contribution < 1.29 is 9.59 Å². The van der Waals surface area contributed by atoms with E-state index in [4.69, 9.17) is 0 Å². The van der Waals surface area contributed by atoms with E-state index in [1.54, 1.807) is 0 Å². The first-order valence-electron chi connectivity index (χ1n) is 8.77. The summed E-state index contributed by atoms with van der Waals surface area (Å²) in [7, 11) is 0. The van der Waals surface area contributed by atoms with Crippen molar-refractivity contribution in [1.82, 2.24) is 4.98 Å². The molecule has 2 aromatic carbocycles. The van der Waals surface area contributed by atoms with E-state index in [0.717, 1.165) is 40.1 Å². The fraction of sp³-hybridized carbons (Fsp3) is 0.190. The molecule has 3 aromatic rings. The molecule has 1 aliphatic rings. The predicted molar refractivity (Wildman–Crippen MR) is 108 cm³/mol. The van der Waals surface area contributed by atoms with Crippen LogP contribution >= 0.6 is 11.3 Å². The van der Waals surface area contributed by atoms with Gasteiger partial charge in [0.15, 0.2) is 5.13 Å². The number of anilines is 2. The molecule has 0 aliphatic carbocycles. The minimum Gasteiger partial charge on any atom is -0.326 e. The van der Waals surface area contributed by atoms with Crippen LogP contribution in [0.4, 0.5) is 10.8 Å². The van der Waals surface area contributed by atoms with Gasteiger partial charge in [-0.15, -0.1) is 11.3 Å². The van der Waals surface area contributed by atoms with Crippen molar-refractivity contribution in [3.63, 3.8) is 0 Å². The van der Waals surface area contributed by atoms with Crippen molar-refractivity contribution in [2.45, 2.75) is 26.7 Å². The zero-order chi connectivity index (χ0) is 19.0. The Morgan fingerprint density at radius 3 is 2.85 bits per heavy atom. The Balaban J connectivity index is 1.54. The molecule has 6 heteroatoms. The highest BCUT2D eigenvalue weighted by Gasteiger charge is 2.17. The van der Waals surface area contributed by atoms with E-state index in [1.165, 1.54) is 11.3 Å². The average molecular weight is 377 g/mol. The third-order valence-corrected chi connectivity index (χ3v) is 5.42. The summed E-state index contributed by atoms with van der Waals surface area (Å²) >= 11 is 1.40. The topological polar surface area (TPSA) is 71.1 Å². The molecule has 2 N–H and O–H groups in total. The molecule has 27 heavy (non-hydrogen) atoms. The van der Waals surface area contributed by atoms with E-state index >= 15 is 0 Å². The molecule has 0 saturated carbocycles. The van der Waals surface area contributed by atoms with Crippen molar-refractivity contribution >= 4 is 34.0 Å². The summed E-state index contributed by atoms with van der Waals surface area (Å²) in [5.41, 5.74) is 6.42. The molecule has 5 nitrogen and oxygen atoms in total. The highest BCUT2D eigenvalue weighted by Crippen LogP contribution is 2.30. The molecule has 1 aliphatic heterocycles. The number of amides is 2. The number of hydrogen-bond acceptors (Lipinski definition) is 4. The number of hydrogen-bond donors (Lipinski definition) is 2. The second-order valence-corrected chi connectivity index (χ2v) is 7.59.